The van der Waals surface area contributed by atoms with Gasteiger partial charge in [0.25, 0.3) is 0 Å². The molecule has 7 atom stereocenters. The Labute approximate surface area is 210 Å². The highest BCUT2D eigenvalue weighted by Crippen LogP contribution is 2.78. The lowest BCUT2D eigenvalue weighted by atomic mass is 9.33. The Morgan fingerprint density at radius 1 is 1.11 bits per heavy atom. The lowest BCUT2D eigenvalue weighted by Crippen LogP contribution is -2.83. The number of rotatable bonds is 5. The van der Waals surface area contributed by atoms with Crippen LogP contribution in [-0.4, -0.2) is 60.7 Å². The highest BCUT2D eigenvalue weighted by Gasteiger charge is 2.82. The van der Waals surface area contributed by atoms with E-state index in [4.69, 9.17) is 14.2 Å². The molecule has 2 aliphatic heterocycles. The first-order chi connectivity index (χ1) is 16.6. The van der Waals surface area contributed by atoms with Gasteiger partial charge in [-0.25, -0.2) is 0 Å². The van der Waals surface area contributed by atoms with Gasteiger partial charge >= 0.3 is 0 Å². The van der Waals surface area contributed by atoms with E-state index in [0.717, 1.165) is 56.1 Å². The summed E-state index contributed by atoms with van der Waals surface area (Å²) in [5.41, 5.74) is 1.26. The number of nitrogens with zero attached hydrogens (tertiary/aromatic N) is 1. The fraction of sp³-hybridized carbons (Fsp3) is 0.800. The van der Waals surface area contributed by atoms with Crippen molar-refractivity contribution in [1.29, 1.82) is 0 Å². The van der Waals surface area contributed by atoms with Crippen LogP contribution in [0.25, 0.3) is 0 Å². The minimum Gasteiger partial charge on any atom is -0.493 e. The fourth-order valence-corrected chi connectivity index (χ4v) is 9.73. The average Bonchev–Trinajstić information content (AvgIpc) is 3.56. The number of methoxy groups -OCH3 is 2. The third-order valence-electron chi connectivity index (χ3n) is 12.1. The SMILES string of the molecule is COc1ccc2c3c1O[C@H]1[C@@]4(OC)CC[C@@]5(C[C@@H]4[C@](C)(O)C(C)(C)C)[C@@H](C2)N(CC2CC2)CC[C@]315. The molecule has 1 N–H and O–H groups in total. The van der Waals surface area contributed by atoms with Gasteiger partial charge in [-0.3, -0.25) is 4.90 Å². The van der Waals surface area contributed by atoms with Crippen LogP contribution in [0.1, 0.15) is 77.3 Å². The van der Waals surface area contributed by atoms with E-state index in [2.05, 4.69) is 44.7 Å². The first kappa shape index (κ1) is 22.9. The van der Waals surface area contributed by atoms with E-state index >= 15 is 0 Å². The second-order valence-electron chi connectivity index (χ2n) is 14.0. The van der Waals surface area contributed by atoms with E-state index in [9.17, 15) is 5.11 Å². The molecule has 5 aliphatic carbocycles. The van der Waals surface area contributed by atoms with Crippen LogP contribution in [0.2, 0.25) is 0 Å². The fourth-order valence-electron chi connectivity index (χ4n) is 9.73. The number of hydrogen-bond donors (Lipinski definition) is 1. The van der Waals surface area contributed by atoms with Crippen molar-refractivity contribution in [2.24, 2.45) is 22.7 Å². The Balaban J connectivity index is 1.48. The zero-order chi connectivity index (χ0) is 24.6. The Morgan fingerprint density at radius 2 is 1.89 bits per heavy atom. The van der Waals surface area contributed by atoms with Crippen molar-refractivity contribution in [1.82, 2.24) is 4.90 Å². The van der Waals surface area contributed by atoms with Crippen LogP contribution >= 0.6 is 0 Å². The molecule has 0 radical (unpaired) electrons. The summed E-state index contributed by atoms with van der Waals surface area (Å²) in [7, 11) is 3.63. The predicted octanol–water partition coefficient (Wildman–Crippen LogP) is 4.72. The number of benzene rings is 1. The average molecular weight is 482 g/mol. The Hall–Kier alpha value is -1.30. The molecule has 1 aromatic rings. The summed E-state index contributed by atoms with van der Waals surface area (Å²) < 4.78 is 19.6. The Morgan fingerprint density at radius 3 is 2.54 bits per heavy atom. The maximum Gasteiger partial charge on any atom is 0.165 e. The highest BCUT2D eigenvalue weighted by atomic mass is 16.6. The van der Waals surface area contributed by atoms with Gasteiger partial charge in [0, 0.05) is 42.0 Å². The molecule has 5 fully saturated rings. The molecule has 35 heavy (non-hydrogen) atoms. The second kappa shape index (κ2) is 6.76. The van der Waals surface area contributed by atoms with Gasteiger partial charge in [-0.1, -0.05) is 26.8 Å². The van der Waals surface area contributed by atoms with Gasteiger partial charge in [0.05, 0.1) is 12.7 Å². The van der Waals surface area contributed by atoms with Crippen molar-refractivity contribution in [2.75, 3.05) is 27.3 Å². The van der Waals surface area contributed by atoms with Crippen LogP contribution < -0.4 is 9.47 Å². The zero-order valence-corrected chi connectivity index (χ0v) is 22.4. The first-order valence-electron chi connectivity index (χ1n) is 13.9. The van der Waals surface area contributed by atoms with Crippen LogP contribution in [0, 0.1) is 22.7 Å². The van der Waals surface area contributed by atoms with Gasteiger partial charge in [-0.05, 0) is 81.4 Å². The number of fused-ring (bicyclic) bond motifs is 2. The van der Waals surface area contributed by atoms with Crippen molar-refractivity contribution in [3.05, 3.63) is 23.3 Å². The van der Waals surface area contributed by atoms with Gasteiger partial charge < -0.3 is 19.3 Å². The maximum absolute atomic E-state index is 12.3. The number of ether oxygens (including phenoxy) is 3. The van der Waals surface area contributed by atoms with Crippen LogP contribution in [0.5, 0.6) is 11.5 Å². The lowest BCUT2D eigenvalue weighted by molar-refractivity contribution is -0.312. The molecule has 0 aromatic heterocycles. The third kappa shape index (κ3) is 2.47. The molecule has 2 spiro atoms. The minimum absolute atomic E-state index is 0.0112. The number of aliphatic hydroxyl groups is 1. The quantitative estimate of drug-likeness (QED) is 0.660. The second-order valence-corrected chi connectivity index (χ2v) is 14.0. The van der Waals surface area contributed by atoms with Crippen LogP contribution in [-0.2, 0) is 16.6 Å². The van der Waals surface area contributed by atoms with Crippen LogP contribution in [0.3, 0.4) is 0 Å². The minimum atomic E-state index is -0.879. The summed E-state index contributed by atoms with van der Waals surface area (Å²) >= 11 is 0. The molecule has 0 unspecified atom stereocenters. The van der Waals surface area contributed by atoms with E-state index in [1.54, 1.807) is 7.11 Å². The van der Waals surface area contributed by atoms with Gasteiger partial charge in [0.2, 0.25) is 0 Å². The Kier molecular flexibility index (Phi) is 4.42. The van der Waals surface area contributed by atoms with Crippen molar-refractivity contribution < 1.29 is 19.3 Å². The number of likely N-dealkylation sites (tertiary alicyclic amines) is 1. The third-order valence-corrected chi connectivity index (χ3v) is 12.1. The Bertz CT molecular complexity index is 1070. The van der Waals surface area contributed by atoms with Gasteiger partial charge in [0.1, 0.15) is 11.7 Å². The van der Waals surface area contributed by atoms with E-state index < -0.39 is 11.2 Å². The van der Waals surface area contributed by atoms with E-state index in [0.29, 0.717) is 6.04 Å². The van der Waals surface area contributed by atoms with Gasteiger partial charge in [0.15, 0.2) is 11.5 Å². The predicted molar refractivity (Wildman–Crippen MR) is 135 cm³/mol. The van der Waals surface area contributed by atoms with Gasteiger partial charge in [-0.15, -0.1) is 0 Å². The van der Waals surface area contributed by atoms with E-state index in [-0.39, 0.29) is 28.3 Å². The normalized spacial score (nSPS) is 42.9. The van der Waals surface area contributed by atoms with Crippen LogP contribution in [0.4, 0.5) is 0 Å². The van der Waals surface area contributed by atoms with Gasteiger partial charge in [-0.2, -0.15) is 0 Å². The zero-order valence-electron chi connectivity index (χ0n) is 22.4. The standard InChI is InChI=1S/C30H43NO4/c1-26(2,3)27(4,32)21-16-28-11-12-30(21,34-6)25-29(28)13-14-31(17-18-7-8-18)22(28)15-19-9-10-20(33-5)24(35-25)23(19)29/h9-10,18,21-22,25,32H,7-8,11-17H2,1-6H3/t21-,22-,25-,27+,28-,29+,30-/m1/s1. The number of piperidine rings is 1. The summed E-state index contributed by atoms with van der Waals surface area (Å²) in [6.07, 6.45) is 8.00. The molecule has 1 aromatic carbocycles. The summed E-state index contributed by atoms with van der Waals surface area (Å²) in [5.74, 6) is 2.71. The molecular formula is C30H43NO4. The molecule has 192 valence electrons. The lowest BCUT2D eigenvalue weighted by Gasteiger charge is -2.75. The molecule has 5 nitrogen and oxygen atoms in total. The molecular weight excluding hydrogens is 438 g/mol. The molecule has 7 aliphatic rings. The summed E-state index contributed by atoms with van der Waals surface area (Å²) in [6, 6.07) is 4.93. The highest BCUT2D eigenvalue weighted by molar-refractivity contribution is 5.63. The first-order valence-corrected chi connectivity index (χ1v) is 13.9. The molecule has 0 amide bonds. The molecule has 4 bridgehead atoms. The molecule has 4 saturated carbocycles. The van der Waals surface area contributed by atoms with Crippen molar-refractivity contribution in [3.8, 4) is 11.5 Å². The van der Waals surface area contributed by atoms with E-state index in [1.807, 2.05) is 7.11 Å². The molecule has 5 heteroatoms. The summed E-state index contributed by atoms with van der Waals surface area (Å²) in [6.45, 7) is 11.0. The van der Waals surface area contributed by atoms with Crippen LogP contribution in [0.15, 0.2) is 12.1 Å². The topological polar surface area (TPSA) is 51.2 Å². The maximum atomic E-state index is 12.3. The summed E-state index contributed by atoms with van der Waals surface area (Å²) in [5, 5.41) is 12.3. The molecule has 1 saturated heterocycles. The van der Waals surface area contributed by atoms with E-state index in [1.165, 1.54) is 30.5 Å². The van der Waals surface area contributed by atoms with Crippen molar-refractivity contribution >= 4 is 0 Å². The smallest absolute Gasteiger partial charge is 0.165 e. The van der Waals surface area contributed by atoms with Crippen molar-refractivity contribution in [2.45, 2.75) is 101 Å². The molecule has 8 rings (SSSR count). The molecule has 2 heterocycles. The largest absolute Gasteiger partial charge is 0.493 e. The summed E-state index contributed by atoms with van der Waals surface area (Å²) in [4.78, 5) is 2.86. The van der Waals surface area contributed by atoms with Crippen molar-refractivity contribution in [3.63, 3.8) is 0 Å². The monoisotopic (exact) mass is 481 g/mol. The number of hydrogen-bond acceptors (Lipinski definition) is 5.